The number of carbonyl (C=O) groups excluding carboxylic acids is 1. The lowest BCUT2D eigenvalue weighted by Gasteiger charge is -2.16. The Kier molecular flexibility index (Phi) is 6.28. The first kappa shape index (κ1) is 17.9. The van der Waals surface area contributed by atoms with Crippen LogP contribution in [0.1, 0.15) is 24.4 Å². The second-order valence-electron chi connectivity index (χ2n) is 4.94. The van der Waals surface area contributed by atoms with Crippen molar-refractivity contribution in [1.29, 1.82) is 0 Å². The van der Waals surface area contributed by atoms with Crippen molar-refractivity contribution in [3.8, 4) is 0 Å². The molecular formula is C16H19NO7. The van der Waals surface area contributed by atoms with Crippen LogP contribution in [0.5, 0.6) is 0 Å². The van der Waals surface area contributed by atoms with Crippen LogP contribution in [0.25, 0.3) is 11.0 Å². The van der Waals surface area contributed by atoms with E-state index >= 15 is 0 Å². The van der Waals surface area contributed by atoms with Crippen LogP contribution in [0.2, 0.25) is 0 Å². The van der Waals surface area contributed by atoms with E-state index in [1.807, 2.05) is 13.8 Å². The van der Waals surface area contributed by atoms with Crippen LogP contribution < -0.4 is 0 Å². The summed E-state index contributed by atoms with van der Waals surface area (Å²) in [5.41, 5.74) is 0.299. The van der Waals surface area contributed by atoms with Gasteiger partial charge in [-0.05, 0) is 26.0 Å². The Balaban J connectivity index is 2.12. The third-order valence-electron chi connectivity index (χ3n) is 3.20. The fraction of sp³-hybridized carbons (Fsp3) is 0.438. The van der Waals surface area contributed by atoms with E-state index in [9.17, 15) is 14.9 Å². The second kappa shape index (κ2) is 8.42. The lowest BCUT2D eigenvalue weighted by atomic mass is 10.2. The molecule has 8 nitrogen and oxygen atoms in total. The van der Waals surface area contributed by atoms with Crippen LogP contribution in [-0.4, -0.2) is 43.4 Å². The molecule has 130 valence electrons. The predicted molar refractivity (Wildman–Crippen MR) is 85.1 cm³/mol. The quantitative estimate of drug-likeness (QED) is 0.394. The summed E-state index contributed by atoms with van der Waals surface area (Å²) in [7, 11) is 0. The van der Waals surface area contributed by atoms with Crippen LogP contribution in [-0.2, 0) is 14.2 Å². The third kappa shape index (κ3) is 4.53. The van der Waals surface area contributed by atoms with Gasteiger partial charge in [-0.25, -0.2) is 4.79 Å². The molecule has 0 saturated carbocycles. The highest BCUT2D eigenvalue weighted by molar-refractivity contribution is 5.93. The molecule has 2 aromatic rings. The average Bonchev–Trinajstić information content (AvgIpc) is 3.00. The number of benzene rings is 1. The van der Waals surface area contributed by atoms with Gasteiger partial charge in [0.15, 0.2) is 0 Å². The van der Waals surface area contributed by atoms with Crippen molar-refractivity contribution < 1.29 is 28.3 Å². The largest absolute Gasteiger partial charge is 0.452 e. The van der Waals surface area contributed by atoms with Gasteiger partial charge in [-0.2, -0.15) is 0 Å². The number of carbonyl (C=O) groups is 1. The van der Waals surface area contributed by atoms with E-state index in [1.54, 1.807) is 0 Å². The number of hydrogen-bond acceptors (Lipinski definition) is 7. The van der Waals surface area contributed by atoms with Gasteiger partial charge in [0.1, 0.15) is 11.7 Å². The zero-order valence-corrected chi connectivity index (χ0v) is 13.5. The molecule has 8 heteroatoms. The van der Waals surface area contributed by atoms with Crippen molar-refractivity contribution in [1.82, 2.24) is 0 Å². The second-order valence-corrected chi connectivity index (χ2v) is 4.94. The van der Waals surface area contributed by atoms with Gasteiger partial charge in [0.25, 0.3) is 5.69 Å². The minimum atomic E-state index is -0.668. The topological polar surface area (TPSA) is 101 Å². The lowest BCUT2D eigenvalue weighted by molar-refractivity contribution is -0.384. The Labute approximate surface area is 138 Å². The van der Waals surface area contributed by atoms with Crippen LogP contribution in [0.15, 0.2) is 28.7 Å². The normalized spacial score (nSPS) is 11.1. The number of nitro groups is 1. The van der Waals surface area contributed by atoms with E-state index in [1.165, 1.54) is 24.3 Å². The van der Waals surface area contributed by atoms with Gasteiger partial charge < -0.3 is 18.6 Å². The molecule has 0 unspecified atom stereocenters. The molecule has 0 radical (unpaired) electrons. The number of fused-ring (bicyclic) bond motifs is 1. The highest BCUT2D eigenvalue weighted by Crippen LogP contribution is 2.24. The van der Waals surface area contributed by atoms with E-state index in [4.69, 9.17) is 18.6 Å². The zero-order valence-electron chi connectivity index (χ0n) is 13.5. The van der Waals surface area contributed by atoms with Crippen LogP contribution in [0, 0.1) is 10.1 Å². The number of nitrogens with zero attached hydrogens (tertiary/aromatic N) is 1. The summed E-state index contributed by atoms with van der Waals surface area (Å²) in [6, 6.07) is 5.52. The molecule has 0 spiro atoms. The van der Waals surface area contributed by atoms with Crippen molar-refractivity contribution in [2.45, 2.75) is 20.0 Å². The summed E-state index contributed by atoms with van der Waals surface area (Å²) in [4.78, 5) is 22.5. The summed E-state index contributed by atoms with van der Waals surface area (Å²) in [6.45, 7) is 5.10. The first-order valence-electron chi connectivity index (χ1n) is 7.59. The van der Waals surface area contributed by atoms with Gasteiger partial charge in [0.05, 0.1) is 18.1 Å². The molecule has 0 aliphatic rings. The molecule has 0 N–H and O–H groups in total. The van der Waals surface area contributed by atoms with Crippen molar-refractivity contribution in [2.24, 2.45) is 0 Å². The molecule has 0 aliphatic heterocycles. The summed E-state index contributed by atoms with van der Waals surface area (Å²) in [5.74, 6) is -0.693. The third-order valence-corrected chi connectivity index (χ3v) is 3.20. The Hall–Kier alpha value is -2.45. The number of nitro benzene ring substituents is 1. The van der Waals surface area contributed by atoms with E-state index in [0.717, 1.165) is 0 Å². The minimum absolute atomic E-state index is 0.0245. The monoisotopic (exact) mass is 337 g/mol. The highest BCUT2D eigenvalue weighted by Gasteiger charge is 2.20. The van der Waals surface area contributed by atoms with Crippen LogP contribution in [0.4, 0.5) is 5.69 Å². The lowest BCUT2D eigenvalue weighted by Crippen LogP contribution is -2.28. The maximum Gasteiger partial charge on any atom is 0.374 e. The molecule has 1 aromatic heterocycles. The van der Waals surface area contributed by atoms with Crippen molar-refractivity contribution >= 4 is 22.6 Å². The van der Waals surface area contributed by atoms with Gasteiger partial charge in [-0.1, -0.05) is 0 Å². The molecule has 1 heterocycles. The molecule has 0 saturated heterocycles. The molecular weight excluding hydrogens is 318 g/mol. The van der Waals surface area contributed by atoms with Crippen LogP contribution >= 0.6 is 0 Å². The molecule has 0 bridgehead atoms. The predicted octanol–water partition coefficient (Wildman–Crippen LogP) is 2.94. The Morgan fingerprint density at radius 3 is 2.46 bits per heavy atom. The average molecular weight is 337 g/mol. The molecule has 0 amide bonds. The highest BCUT2D eigenvalue weighted by atomic mass is 16.6. The summed E-state index contributed by atoms with van der Waals surface area (Å²) in [6.07, 6.45) is -0.556. The Bertz CT molecular complexity index is 702. The molecule has 24 heavy (non-hydrogen) atoms. The van der Waals surface area contributed by atoms with Crippen molar-refractivity contribution in [3.63, 3.8) is 0 Å². The molecule has 1 aromatic carbocycles. The Morgan fingerprint density at radius 2 is 1.88 bits per heavy atom. The standard InChI is InChI=1S/C16H19NO7/c1-3-21-9-13(10-22-4-2)23-16(18)15-8-11-7-12(17(19)20)5-6-14(11)24-15/h5-8,13H,3-4,9-10H2,1-2H3. The summed E-state index contributed by atoms with van der Waals surface area (Å²) < 4.78 is 21.3. The Morgan fingerprint density at radius 1 is 1.21 bits per heavy atom. The molecule has 0 aliphatic carbocycles. The summed E-state index contributed by atoms with van der Waals surface area (Å²) in [5, 5.41) is 11.2. The SMILES string of the molecule is CCOCC(COCC)OC(=O)c1cc2cc([N+](=O)[O-])ccc2o1. The number of esters is 1. The molecule has 0 atom stereocenters. The van der Waals surface area contributed by atoms with Gasteiger partial charge >= 0.3 is 5.97 Å². The maximum absolute atomic E-state index is 12.2. The van der Waals surface area contributed by atoms with Crippen molar-refractivity contribution in [3.05, 3.63) is 40.1 Å². The summed E-state index contributed by atoms with van der Waals surface area (Å²) >= 11 is 0. The van der Waals surface area contributed by atoms with Crippen molar-refractivity contribution in [2.75, 3.05) is 26.4 Å². The fourth-order valence-electron chi connectivity index (χ4n) is 2.07. The van der Waals surface area contributed by atoms with Gasteiger partial charge in [-0.3, -0.25) is 10.1 Å². The first-order valence-corrected chi connectivity index (χ1v) is 7.59. The smallest absolute Gasteiger partial charge is 0.374 e. The zero-order chi connectivity index (χ0) is 17.5. The maximum atomic E-state index is 12.2. The molecule has 0 fully saturated rings. The number of furan rings is 1. The van der Waals surface area contributed by atoms with Gasteiger partial charge in [0.2, 0.25) is 5.76 Å². The van der Waals surface area contributed by atoms with E-state index < -0.39 is 17.0 Å². The number of hydrogen-bond donors (Lipinski definition) is 0. The number of rotatable bonds is 9. The fourth-order valence-corrected chi connectivity index (χ4v) is 2.07. The number of ether oxygens (including phenoxy) is 3. The van der Waals surface area contributed by atoms with Gasteiger partial charge in [0, 0.05) is 30.7 Å². The first-order chi connectivity index (χ1) is 11.5. The number of non-ortho nitro benzene ring substituents is 1. The van der Waals surface area contributed by atoms with Gasteiger partial charge in [-0.15, -0.1) is 0 Å². The van der Waals surface area contributed by atoms with E-state index in [-0.39, 0.29) is 24.7 Å². The van der Waals surface area contributed by atoms with E-state index in [0.29, 0.717) is 24.2 Å². The van der Waals surface area contributed by atoms with Crippen LogP contribution in [0.3, 0.4) is 0 Å². The minimum Gasteiger partial charge on any atom is -0.452 e. The molecule has 2 rings (SSSR count). The van der Waals surface area contributed by atoms with E-state index in [2.05, 4.69) is 0 Å².